The van der Waals surface area contributed by atoms with Gasteiger partial charge in [0.15, 0.2) is 0 Å². The normalized spacial score (nSPS) is 17.9. The quantitative estimate of drug-likeness (QED) is 0.681. The van der Waals surface area contributed by atoms with Crippen molar-refractivity contribution >= 4 is 0 Å². The Morgan fingerprint density at radius 3 is 2.76 bits per heavy atom. The first-order valence-electron chi connectivity index (χ1n) is 8.65. The maximum absolute atomic E-state index is 6.07. The van der Waals surface area contributed by atoms with Gasteiger partial charge >= 0.3 is 0 Å². The van der Waals surface area contributed by atoms with E-state index in [1.54, 1.807) is 0 Å². The van der Waals surface area contributed by atoms with Gasteiger partial charge in [-0.3, -0.25) is 0 Å². The largest absolute Gasteiger partial charge is 0.377 e. The molecule has 1 aromatic rings. The molecule has 0 aromatic carbocycles. The van der Waals surface area contributed by atoms with E-state index in [9.17, 15) is 0 Å². The van der Waals surface area contributed by atoms with Gasteiger partial charge in [0.2, 0.25) is 0 Å². The minimum absolute atomic E-state index is 0.341. The van der Waals surface area contributed by atoms with E-state index < -0.39 is 0 Å². The lowest BCUT2D eigenvalue weighted by Crippen LogP contribution is -2.45. The Balaban J connectivity index is 2.05. The zero-order valence-corrected chi connectivity index (χ0v) is 13.8. The second kappa shape index (κ2) is 8.54. The molecule has 1 aliphatic carbocycles. The average Bonchev–Trinajstić information content (AvgIpc) is 3.23. The number of imidazole rings is 1. The van der Waals surface area contributed by atoms with Crippen LogP contribution in [-0.2, 0) is 17.7 Å². The van der Waals surface area contributed by atoms with Crippen molar-refractivity contribution < 1.29 is 4.74 Å². The molecule has 0 saturated heterocycles. The van der Waals surface area contributed by atoms with Crippen molar-refractivity contribution in [3.8, 4) is 0 Å². The molecule has 0 spiro atoms. The fourth-order valence-electron chi connectivity index (χ4n) is 3.00. The Bertz CT molecular complexity index is 400. The number of aromatic nitrogens is 2. The molecule has 4 heteroatoms. The van der Waals surface area contributed by atoms with Crippen molar-refractivity contribution in [3.05, 3.63) is 18.2 Å². The molecule has 120 valence electrons. The lowest BCUT2D eigenvalue weighted by atomic mass is 10.0. The molecule has 1 aromatic heterocycles. The maximum atomic E-state index is 6.07. The maximum Gasteiger partial charge on any atom is 0.110 e. The van der Waals surface area contributed by atoms with Gasteiger partial charge in [-0.05, 0) is 45.1 Å². The van der Waals surface area contributed by atoms with Gasteiger partial charge in [-0.2, -0.15) is 0 Å². The highest BCUT2D eigenvalue weighted by Crippen LogP contribution is 2.36. The predicted octanol–water partition coefficient (Wildman–Crippen LogP) is 3.02. The predicted molar refractivity (Wildman–Crippen MR) is 86.4 cm³/mol. The Kier molecular flexibility index (Phi) is 6.71. The molecule has 4 nitrogen and oxygen atoms in total. The SMILES string of the molecule is CCCNC(Cc1nccn1CCC)C(OCC)C1CC1. The van der Waals surface area contributed by atoms with Crippen LogP contribution in [0.25, 0.3) is 0 Å². The first kappa shape index (κ1) is 16.5. The lowest BCUT2D eigenvalue weighted by molar-refractivity contribution is 0.0186. The summed E-state index contributed by atoms with van der Waals surface area (Å²) in [5.41, 5.74) is 0. The molecule has 2 unspecified atom stereocenters. The number of aryl methyl sites for hydroxylation is 1. The second-order valence-corrected chi connectivity index (χ2v) is 6.06. The summed E-state index contributed by atoms with van der Waals surface area (Å²) in [6.45, 7) is 9.44. The Morgan fingerprint density at radius 1 is 1.33 bits per heavy atom. The molecule has 1 heterocycles. The van der Waals surface area contributed by atoms with Gasteiger partial charge in [-0.25, -0.2) is 4.98 Å². The molecular formula is C17H31N3O. The smallest absolute Gasteiger partial charge is 0.110 e. The van der Waals surface area contributed by atoms with Crippen molar-refractivity contribution in [2.24, 2.45) is 5.92 Å². The van der Waals surface area contributed by atoms with Crippen LogP contribution in [0.2, 0.25) is 0 Å². The zero-order chi connectivity index (χ0) is 15.1. The zero-order valence-electron chi connectivity index (χ0n) is 13.8. The molecule has 0 bridgehead atoms. The van der Waals surface area contributed by atoms with Crippen LogP contribution in [0.5, 0.6) is 0 Å². The minimum atomic E-state index is 0.341. The summed E-state index contributed by atoms with van der Waals surface area (Å²) in [6.07, 6.45) is 10.3. The summed E-state index contributed by atoms with van der Waals surface area (Å²) in [7, 11) is 0. The monoisotopic (exact) mass is 293 g/mol. The molecular weight excluding hydrogens is 262 g/mol. The summed E-state index contributed by atoms with van der Waals surface area (Å²) < 4.78 is 8.36. The number of hydrogen-bond donors (Lipinski definition) is 1. The highest BCUT2D eigenvalue weighted by molar-refractivity contribution is 5.00. The molecule has 2 atom stereocenters. The molecule has 1 fully saturated rings. The van der Waals surface area contributed by atoms with E-state index in [0.29, 0.717) is 12.1 Å². The molecule has 1 N–H and O–H groups in total. The van der Waals surface area contributed by atoms with Crippen LogP contribution in [0.3, 0.4) is 0 Å². The highest BCUT2D eigenvalue weighted by atomic mass is 16.5. The first-order valence-corrected chi connectivity index (χ1v) is 8.65. The van der Waals surface area contributed by atoms with Crippen molar-refractivity contribution in [3.63, 3.8) is 0 Å². The average molecular weight is 293 g/mol. The fraction of sp³-hybridized carbons (Fsp3) is 0.824. The van der Waals surface area contributed by atoms with E-state index in [2.05, 4.69) is 41.8 Å². The summed E-state index contributed by atoms with van der Waals surface area (Å²) in [4.78, 5) is 4.57. The Hall–Kier alpha value is -0.870. The van der Waals surface area contributed by atoms with Crippen LogP contribution in [-0.4, -0.2) is 34.8 Å². The third kappa shape index (κ3) is 4.82. The summed E-state index contributed by atoms with van der Waals surface area (Å²) >= 11 is 0. The Morgan fingerprint density at radius 2 is 2.14 bits per heavy atom. The van der Waals surface area contributed by atoms with Gasteiger partial charge in [0.1, 0.15) is 5.82 Å². The number of rotatable bonds is 11. The number of nitrogens with one attached hydrogen (secondary N) is 1. The van der Waals surface area contributed by atoms with Gasteiger partial charge in [-0.1, -0.05) is 13.8 Å². The van der Waals surface area contributed by atoms with E-state index in [1.807, 2.05) is 6.20 Å². The van der Waals surface area contributed by atoms with Crippen molar-refractivity contribution in [1.82, 2.24) is 14.9 Å². The standard InChI is InChI=1S/C17H31N3O/c1-4-9-18-15(17(21-6-3)14-7-8-14)13-16-19-10-12-20(16)11-5-2/h10,12,14-15,17-18H,4-9,11,13H2,1-3H3. The number of hydrogen-bond acceptors (Lipinski definition) is 3. The molecule has 1 saturated carbocycles. The van der Waals surface area contributed by atoms with E-state index >= 15 is 0 Å². The molecule has 21 heavy (non-hydrogen) atoms. The van der Waals surface area contributed by atoms with E-state index in [4.69, 9.17) is 4.74 Å². The van der Waals surface area contributed by atoms with Crippen LogP contribution < -0.4 is 5.32 Å². The molecule has 2 rings (SSSR count). The summed E-state index contributed by atoms with van der Waals surface area (Å²) in [5.74, 6) is 1.93. The molecule has 1 aliphatic rings. The van der Waals surface area contributed by atoms with E-state index in [-0.39, 0.29) is 0 Å². The van der Waals surface area contributed by atoms with E-state index in [0.717, 1.165) is 44.9 Å². The second-order valence-electron chi connectivity index (χ2n) is 6.06. The van der Waals surface area contributed by atoms with Crippen LogP contribution in [0.1, 0.15) is 52.3 Å². The lowest BCUT2D eigenvalue weighted by Gasteiger charge is -2.28. The van der Waals surface area contributed by atoms with Gasteiger partial charge in [0.05, 0.1) is 6.10 Å². The number of ether oxygens (including phenoxy) is 1. The molecule has 0 amide bonds. The van der Waals surface area contributed by atoms with Gasteiger partial charge in [-0.15, -0.1) is 0 Å². The highest BCUT2D eigenvalue weighted by Gasteiger charge is 2.37. The topological polar surface area (TPSA) is 39.1 Å². The van der Waals surface area contributed by atoms with E-state index in [1.165, 1.54) is 18.7 Å². The molecule has 0 aliphatic heterocycles. The molecule has 0 radical (unpaired) electrons. The van der Waals surface area contributed by atoms with Crippen LogP contribution in [0.15, 0.2) is 12.4 Å². The van der Waals surface area contributed by atoms with Crippen LogP contribution in [0, 0.1) is 5.92 Å². The van der Waals surface area contributed by atoms with Crippen LogP contribution in [0.4, 0.5) is 0 Å². The van der Waals surface area contributed by atoms with Crippen molar-refractivity contribution in [2.75, 3.05) is 13.2 Å². The van der Waals surface area contributed by atoms with Crippen molar-refractivity contribution in [1.29, 1.82) is 0 Å². The van der Waals surface area contributed by atoms with Gasteiger partial charge in [0.25, 0.3) is 0 Å². The minimum Gasteiger partial charge on any atom is -0.377 e. The number of nitrogens with zero attached hydrogens (tertiary/aromatic N) is 2. The van der Waals surface area contributed by atoms with Gasteiger partial charge < -0.3 is 14.6 Å². The third-order valence-electron chi connectivity index (χ3n) is 4.17. The first-order chi connectivity index (χ1) is 10.3. The Labute approximate surface area is 129 Å². The van der Waals surface area contributed by atoms with Crippen molar-refractivity contribution in [2.45, 2.75) is 71.6 Å². The third-order valence-corrected chi connectivity index (χ3v) is 4.17. The van der Waals surface area contributed by atoms with Crippen LogP contribution >= 0.6 is 0 Å². The fourth-order valence-corrected chi connectivity index (χ4v) is 3.00. The summed E-state index contributed by atoms with van der Waals surface area (Å²) in [5, 5.41) is 3.70. The summed E-state index contributed by atoms with van der Waals surface area (Å²) in [6, 6.07) is 0.385. The van der Waals surface area contributed by atoms with Gasteiger partial charge in [0, 0.05) is 38.0 Å².